The molecular weight excluding hydrogens is 342 g/mol. The zero-order chi connectivity index (χ0) is 17.6. The standard InChI is InChI=1S/C17H16ClN5O2/c18-14-8-13(10-22-15(14)9-19)25-12-4-2-11(3-5-12)23-17(24)16-20-6-1-7-21-16/h1,6-8,10-12H,2-5H2,(H,23,24). The SMILES string of the molecule is N#Cc1ncc(OC2CCC(NC(=O)c3ncccn3)CC2)cc1Cl. The van der Waals surface area contributed by atoms with Crippen molar-refractivity contribution < 1.29 is 9.53 Å². The lowest BCUT2D eigenvalue weighted by molar-refractivity contribution is 0.0883. The van der Waals surface area contributed by atoms with Crippen LogP contribution in [0.4, 0.5) is 0 Å². The van der Waals surface area contributed by atoms with Crippen LogP contribution in [0.25, 0.3) is 0 Å². The van der Waals surface area contributed by atoms with Gasteiger partial charge in [0.25, 0.3) is 5.91 Å². The Morgan fingerprint density at radius 1 is 1.24 bits per heavy atom. The van der Waals surface area contributed by atoms with Crippen LogP contribution in [0.2, 0.25) is 5.02 Å². The zero-order valence-electron chi connectivity index (χ0n) is 13.4. The van der Waals surface area contributed by atoms with Gasteiger partial charge in [-0.1, -0.05) is 11.6 Å². The van der Waals surface area contributed by atoms with Crippen molar-refractivity contribution in [3.8, 4) is 11.8 Å². The number of nitrogens with one attached hydrogen (secondary N) is 1. The van der Waals surface area contributed by atoms with Gasteiger partial charge in [-0.25, -0.2) is 15.0 Å². The van der Waals surface area contributed by atoms with E-state index in [0.29, 0.717) is 5.75 Å². The Hall–Kier alpha value is -2.72. The molecule has 3 rings (SSSR count). The van der Waals surface area contributed by atoms with Crippen LogP contribution >= 0.6 is 11.6 Å². The fourth-order valence-electron chi connectivity index (χ4n) is 2.75. The topological polar surface area (TPSA) is 101 Å². The average Bonchev–Trinajstić information content (AvgIpc) is 2.64. The Bertz CT molecular complexity index is 785. The number of carbonyl (C=O) groups excluding carboxylic acids is 1. The van der Waals surface area contributed by atoms with E-state index >= 15 is 0 Å². The predicted molar refractivity (Wildman–Crippen MR) is 90.1 cm³/mol. The molecule has 0 radical (unpaired) electrons. The summed E-state index contributed by atoms with van der Waals surface area (Å²) >= 11 is 5.96. The molecule has 25 heavy (non-hydrogen) atoms. The maximum Gasteiger partial charge on any atom is 0.289 e. The van der Waals surface area contributed by atoms with Crippen LogP contribution in [0.3, 0.4) is 0 Å². The first-order valence-corrected chi connectivity index (χ1v) is 8.33. The molecule has 1 N–H and O–H groups in total. The molecule has 0 bridgehead atoms. The highest BCUT2D eigenvalue weighted by Gasteiger charge is 2.24. The van der Waals surface area contributed by atoms with Crippen LogP contribution in [-0.2, 0) is 0 Å². The molecule has 7 nitrogen and oxygen atoms in total. The highest BCUT2D eigenvalue weighted by molar-refractivity contribution is 6.31. The number of hydrogen-bond acceptors (Lipinski definition) is 6. The molecular formula is C17H16ClN5O2. The van der Waals surface area contributed by atoms with E-state index in [1.54, 1.807) is 24.5 Å². The number of ether oxygens (including phenoxy) is 1. The Morgan fingerprint density at radius 2 is 1.96 bits per heavy atom. The van der Waals surface area contributed by atoms with Gasteiger partial charge in [0.15, 0.2) is 5.69 Å². The second kappa shape index (κ2) is 7.90. The number of amides is 1. The third kappa shape index (κ3) is 4.43. The van der Waals surface area contributed by atoms with Crippen molar-refractivity contribution >= 4 is 17.5 Å². The Balaban J connectivity index is 1.50. The summed E-state index contributed by atoms with van der Waals surface area (Å²) in [6, 6.07) is 5.27. The maximum absolute atomic E-state index is 12.1. The van der Waals surface area contributed by atoms with Gasteiger partial charge in [-0.3, -0.25) is 4.79 Å². The third-order valence-electron chi connectivity index (χ3n) is 4.00. The maximum atomic E-state index is 12.1. The normalized spacial score (nSPS) is 19.7. The zero-order valence-corrected chi connectivity index (χ0v) is 14.1. The molecule has 1 aliphatic carbocycles. The van der Waals surface area contributed by atoms with Gasteiger partial charge >= 0.3 is 0 Å². The lowest BCUT2D eigenvalue weighted by Gasteiger charge is -2.29. The number of halogens is 1. The van der Waals surface area contributed by atoms with E-state index < -0.39 is 0 Å². The highest BCUT2D eigenvalue weighted by Crippen LogP contribution is 2.26. The summed E-state index contributed by atoms with van der Waals surface area (Å²) in [4.78, 5) is 23.9. The van der Waals surface area contributed by atoms with Gasteiger partial charge < -0.3 is 10.1 Å². The van der Waals surface area contributed by atoms with Crippen LogP contribution in [0.1, 0.15) is 42.0 Å². The molecule has 128 valence electrons. The molecule has 1 saturated carbocycles. The smallest absolute Gasteiger partial charge is 0.289 e. The van der Waals surface area contributed by atoms with Crippen molar-refractivity contribution in [2.45, 2.75) is 37.8 Å². The first kappa shape index (κ1) is 17.1. The van der Waals surface area contributed by atoms with E-state index in [2.05, 4.69) is 20.3 Å². The van der Waals surface area contributed by atoms with Gasteiger partial charge in [0, 0.05) is 24.5 Å². The predicted octanol–water partition coefficient (Wildman–Crippen LogP) is 2.52. The fraction of sp³-hybridized carbons (Fsp3) is 0.353. The van der Waals surface area contributed by atoms with Crippen molar-refractivity contribution in [1.82, 2.24) is 20.3 Å². The van der Waals surface area contributed by atoms with E-state index in [4.69, 9.17) is 21.6 Å². The summed E-state index contributed by atoms with van der Waals surface area (Å²) in [6.45, 7) is 0. The molecule has 0 aromatic carbocycles. The summed E-state index contributed by atoms with van der Waals surface area (Å²) < 4.78 is 5.88. The average molecular weight is 358 g/mol. The fourth-order valence-corrected chi connectivity index (χ4v) is 2.95. The molecule has 8 heteroatoms. The molecule has 0 spiro atoms. The number of hydrogen-bond donors (Lipinski definition) is 1. The Morgan fingerprint density at radius 3 is 2.60 bits per heavy atom. The molecule has 1 amide bonds. The van der Waals surface area contributed by atoms with Crippen LogP contribution in [-0.4, -0.2) is 33.0 Å². The van der Waals surface area contributed by atoms with Crippen LogP contribution in [0, 0.1) is 11.3 Å². The summed E-state index contributed by atoms with van der Waals surface area (Å²) in [6.07, 6.45) is 7.85. The minimum atomic E-state index is -0.256. The highest BCUT2D eigenvalue weighted by atomic mass is 35.5. The molecule has 0 aliphatic heterocycles. The number of aromatic nitrogens is 3. The van der Waals surface area contributed by atoms with Gasteiger partial charge in [0.05, 0.1) is 17.3 Å². The molecule has 0 unspecified atom stereocenters. The van der Waals surface area contributed by atoms with Gasteiger partial charge in [0.1, 0.15) is 11.8 Å². The minimum absolute atomic E-state index is 0.0342. The van der Waals surface area contributed by atoms with Crippen LogP contribution < -0.4 is 10.1 Å². The van der Waals surface area contributed by atoms with Gasteiger partial charge in [-0.05, 0) is 31.7 Å². The number of rotatable bonds is 4. The van der Waals surface area contributed by atoms with Gasteiger partial charge in [-0.15, -0.1) is 0 Å². The van der Waals surface area contributed by atoms with Crippen molar-refractivity contribution in [2.24, 2.45) is 0 Å². The van der Waals surface area contributed by atoms with Gasteiger partial charge in [-0.2, -0.15) is 5.26 Å². The minimum Gasteiger partial charge on any atom is -0.489 e. The Labute approximate surface area is 150 Å². The van der Waals surface area contributed by atoms with Crippen LogP contribution in [0.5, 0.6) is 5.75 Å². The number of carbonyl (C=O) groups is 1. The van der Waals surface area contributed by atoms with Crippen molar-refractivity contribution in [3.05, 3.63) is 47.3 Å². The van der Waals surface area contributed by atoms with Crippen LogP contribution in [0.15, 0.2) is 30.7 Å². The first-order valence-electron chi connectivity index (χ1n) is 7.96. The lowest BCUT2D eigenvalue weighted by atomic mass is 9.93. The molecule has 2 heterocycles. The lowest BCUT2D eigenvalue weighted by Crippen LogP contribution is -2.40. The summed E-state index contributed by atoms with van der Waals surface area (Å²) in [7, 11) is 0. The van der Waals surface area contributed by atoms with Crippen molar-refractivity contribution in [3.63, 3.8) is 0 Å². The summed E-state index contributed by atoms with van der Waals surface area (Å²) in [5.74, 6) is 0.474. The first-order chi connectivity index (χ1) is 12.2. The summed E-state index contributed by atoms with van der Waals surface area (Å²) in [5.41, 5.74) is 0.184. The quantitative estimate of drug-likeness (QED) is 0.902. The van der Waals surface area contributed by atoms with E-state index in [9.17, 15) is 4.79 Å². The number of nitrogens with zero attached hydrogens (tertiary/aromatic N) is 4. The summed E-state index contributed by atoms with van der Waals surface area (Å²) in [5, 5.41) is 12.1. The molecule has 0 atom stereocenters. The molecule has 1 aliphatic rings. The second-order valence-electron chi connectivity index (χ2n) is 5.75. The van der Waals surface area contributed by atoms with Crippen molar-refractivity contribution in [1.29, 1.82) is 5.26 Å². The molecule has 0 saturated heterocycles. The monoisotopic (exact) mass is 357 g/mol. The van der Waals surface area contributed by atoms with E-state index in [1.165, 1.54) is 6.20 Å². The largest absolute Gasteiger partial charge is 0.489 e. The molecule has 1 fully saturated rings. The van der Waals surface area contributed by atoms with E-state index in [0.717, 1.165) is 25.7 Å². The number of nitriles is 1. The van der Waals surface area contributed by atoms with Crippen molar-refractivity contribution in [2.75, 3.05) is 0 Å². The van der Waals surface area contributed by atoms with Gasteiger partial charge in [0.2, 0.25) is 5.82 Å². The van der Waals surface area contributed by atoms with E-state index in [1.807, 2.05) is 6.07 Å². The van der Waals surface area contributed by atoms with E-state index in [-0.39, 0.29) is 34.6 Å². The Kier molecular flexibility index (Phi) is 5.41. The molecule has 2 aromatic heterocycles. The molecule has 2 aromatic rings. The number of pyridine rings is 1. The second-order valence-corrected chi connectivity index (χ2v) is 6.16. The third-order valence-corrected chi connectivity index (χ3v) is 4.29.